The van der Waals surface area contributed by atoms with Crippen molar-refractivity contribution in [2.75, 3.05) is 27.4 Å². The SMILES string of the molecule is CCOc1cc(CN(Cc2ccc(OC)c(OCC)c2)[C@@H](Cc2ccccc2)c2ccccc2)ccc1OC. The minimum absolute atomic E-state index is 0.142. The van der Waals surface area contributed by atoms with Crippen molar-refractivity contribution in [1.29, 1.82) is 0 Å². The lowest BCUT2D eigenvalue weighted by Crippen LogP contribution is -2.29. The van der Waals surface area contributed by atoms with E-state index < -0.39 is 0 Å². The highest BCUT2D eigenvalue weighted by Crippen LogP contribution is 2.34. The number of hydrogen-bond donors (Lipinski definition) is 0. The molecular weight excluding hydrogens is 486 g/mol. The predicted molar refractivity (Wildman–Crippen MR) is 157 cm³/mol. The molecule has 5 heteroatoms. The first kappa shape index (κ1) is 28.1. The lowest BCUT2D eigenvalue weighted by atomic mass is 9.96. The van der Waals surface area contributed by atoms with E-state index in [1.807, 2.05) is 26.0 Å². The first-order valence-electron chi connectivity index (χ1n) is 13.6. The topological polar surface area (TPSA) is 40.2 Å². The molecule has 39 heavy (non-hydrogen) atoms. The summed E-state index contributed by atoms with van der Waals surface area (Å²) in [6.45, 7) is 6.60. The van der Waals surface area contributed by atoms with E-state index in [1.54, 1.807) is 14.2 Å². The van der Waals surface area contributed by atoms with Gasteiger partial charge >= 0.3 is 0 Å². The van der Waals surface area contributed by atoms with Crippen LogP contribution in [-0.4, -0.2) is 32.3 Å². The molecular formula is C34H39NO4. The van der Waals surface area contributed by atoms with Crippen LogP contribution in [0.4, 0.5) is 0 Å². The number of hydrogen-bond acceptors (Lipinski definition) is 5. The van der Waals surface area contributed by atoms with Crippen LogP contribution in [0.5, 0.6) is 23.0 Å². The van der Waals surface area contributed by atoms with E-state index in [0.29, 0.717) is 13.2 Å². The molecule has 4 rings (SSSR count). The minimum atomic E-state index is 0.142. The van der Waals surface area contributed by atoms with E-state index in [1.165, 1.54) is 11.1 Å². The quantitative estimate of drug-likeness (QED) is 0.171. The van der Waals surface area contributed by atoms with Crippen LogP contribution in [0.3, 0.4) is 0 Å². The molecule has 0 saturated carbocycles. The highest BCUT2D eigenvalue weighted by Gasteiger charge is 2.23. The summed E-state index contributed by atoms with van der Waals surface area (Å²) in [6, 6.07) is 34.0. The van der Waals surface area contributed by atoms with E-state index in [2.05, 4.69) is 89.8 Å². The predicted octanol–water partition coefficient (Wildman–Crippen LogP) is 7.49. The maximum absolute atomic E-state index is 5.90. The van der Waals surface area contributed by atoms with Crippen LogP contribution < -0.4 is 18.9 Å². The maximum Gasteiger partial charge on any atom is 0.161 e. The van der Waals surface area contributed by atoms with Gasteiger partial charge in [-0.05, 0) is 66.8 Å². The fraction of sp³-hybridized carbons (Fsp3) is 0.294. The number of ether oxygens (including phenoxy) is 4. The second-order valence-electron chi connectivity index (χ2n) is 9.36. The van der Waals surface area contributed by atoms with Crippen LogP contribution in [0.2, 0.25) is 0 Å². The third-order valence-corrected chi connectivity index (χ3v) is 6.72. The molecule has 0 aliphatic carbocycles. The number of methoxy groups -OCH3 is 2. The van der Waals surface area contributed by atoms with Crippen LogP contribution in [0.1, 0.15) is 42.1 Å². The second-order valence-corrected chi connectivity index (χ2v) is 9.36. The Kier molecular flexibility index (Phi) is 10.3. The van der Waals surface area contributed by atoms with Crippen molar-refractivity contribution in [1.82, 2.24) is 4.90 Å². The van der Waals surface area contributed by atoms with Gasteiger partial charge in [0.2, 0.25) is 0 Å². The molecule has 0 bridgehead atoms. The molecule has 0 N–H and O–H groups in total. The molecule has 0 amide bonds. The van der Waals surface area contributed by atoms with Gasteiger partial charge in [-0.15, -0.1) is 0 Å². The highest BCUT2D eigenvalue weighted by molar-refractivity contribution is 5.44. The average molecular weight is 526 g/mol. The van der Waals surface area contributed by atoms with Crippen molar-refractivity contribution in [2.45, 2.75) is 39.4 Å². The van der Waals surface area contributed by atoms with Gasteiger partial charge in [-0.2, -0.15) is 0 Å². The normalized spacial score (nSPS) is 11.7. The summed E-state index contributed by atoms with van der Waals surface area (Å²) < 4.78 is 22.9. The van der Waals surface area contributed by atoms with Crippen LogP contribution in [0.25, 0.3) is 0 Å². The molecule has 204 valence electrons. The zero-order chi connectivity index (χ0) is 27.5. The standard InChI is InChI=1S/C34H39NO4/c1-5-38-33-22-27(17-19-31(33)36-3)24-35(25-28-18-20-32(37-4)34(23-28)39-6-2)30(29-15-11-8-12-16-29)21-26-13-9-7-10-14-26/h7-20,22-23,30H,5-6,21,24-25H2,1-4H3/t30-/m0/s1. The van der Waals surface area contributed by atoms with E-state index in [4.69, 9.17) is 18.9 Å². The Hall–Kier alpha value is -3.96. The Morgan fingerprint density at radius 2 is 1.05 bits per heavy atom. The van der Waals surface area contributed by atoms with Gasteiger partial charge in [-0.25, -0.2) is 0 Å². The maximum atomic E-state index is 5.90. The van der Waals surface area contributed by atoms with Crippen molar-refractivity contribution in [3.8, 4) is 23.0 Å². The zero-order valence-corrected chi connectivity index (χ0v) is 23.4. The second kappa shape index (κ2) is 14.3. The third kappa shape index (κ3) is 7.55. The summed E-state index contributed by atoms with van der Waals surface area (Å²) in [5.74, 6) is 3.01. The van der Waals surface area contributed by atoms with E-state index >= 15 is 0 Å². The molecule has 0 unspecified atom stereocenters. The van der Waals surface area contributed by atoms with Crippen LogP contribution in [0, 0.1) is 0 Å². The van der Waals surface area contributed by atoms with Gasteiger partial charge in [0.05, 0.1) is 27.4 Å². The molecule has 0 fully saturated rings. The van der Waals surface area contributed by atoms with Crippen LogP contribution in [0.15, 0.2) is 97.1 Å². The monoisotopic (exact) mass is 525 g/mol. The minimum Gasteiger partial charge on any atom is -0.493 e. The van der Waals surface area contributed by atoms with Gasteiger partial charge in [0.15, 0.2) is 23.0 Å². The van der Waals surface area contributed by atoms with Crippen LogP contribution >= 0.6 is 0 Å². The zero-order valence-electron chi connectivity index (χ0n) is 23.4. The summed E-state index contributed by atoms with van der Waals surface area (Å²) in [5, 5.41) is 0. The van der Waals surface area contributed by atoms with Crippen molar-refractivity contribution >= 4 is 0 Å². The average Bonchev–Trinajstić information content (AvgIpc) is 2.97. The Labute approximate surface area is 232 Å². The van der Waals surface area contributed by atoms with Crippen molar-refractivity contribution in [3.63, 3.8) is 0 Å². The van der Waals surface area contributed by atoms with Gasteiger partial charge in [0, 0.05) is 19.1 Å². The number of rotatable bonds is 14. The molecule has 4 aromatic rings. The van der Waals surface area contributed by atoms with Crippen molar-refractivity contribution in [2.24, 2.45) is 0 Å². The molecule has 0 aliphatic rings. The Balaban J connectivity index is 1.75. The summed E-state index contributed by atoms with van der Waals surface area (Å²) in [7, 11) is 3.35. The van der Waals surface area contributed by atoms with Gasteiger partial charge in [0.25, 0.3) is 0 Å². The number of benzene rings is 4. The van der Waals surface area contributed by atoms with Gasteiger partial charge in [0.1, 0.15) is 0 Å². The fourth-order valence-electron chi connectivity index (χ4n) is 4.89. The molecule has 5 nitrogen and oxygen atoms in total. The molecule has 0 saturated heterocycles. The third-order valence-electron chi connectivity index (χ3n) is 6.72. The molecule has 0 aromatic heterocycles. The Morgan fingerprint density at radius 3 is 1.51 bits per heavy atom. The summed E-state index contributed by atoms with van der Waals surface area (Å²) in [6.07, 6.45) is 0.883. The van der Waals surface area contributed by atoms with E-state index in [-0.39, 0.29) is 6.04 Å². The lowest BCUT2D eigenvalue weighted by molar-refractivity contribution is 0.176. The number of nitrogens with zero attached hydrogens (tertiary/aromatic N) is 1. The summed E-state index contributed by atoms with van der Waals surface area (Å²) in [4.78, 5) is 2.53. The molecule has 4 aromatic carbocycles. The molecule has 0 radical (unpaired) electrons. The first-order valence-corrected chi connectivity index (χ1v) is 13.6. The Morgan fingerprint density at radius 1 is 0.564 bits per heavy atom. The first-order chi connectivity index (χ1) is 19.1. The van der Waals surface area contributed by atoms with E-state index in [9.17, 15) is 0 Å². The largest absolute Gasteiger partial charge is 0.493 e. The summed E-state index contributed by atoms with van der Waals surface area (Å²) in [5.41, 5.74) is 4.89. The molecule has 1 atom stereocenters. The van der Waals surface area contributed by atoms with Gasteiger partial charge in [-0.1, -0.05) is 72.8 Å². The Bertz CT molecular complexity index is 1230. The molecule has 0 aliphatic heterocycles. The van der Waals surface area contributed by atoms with Crippen LogP contribution in [-0.2, 0) is 19.5 Å². The smallest absolute Gasteiger partial charge is 0.161 e. The fourth-order valence-corrected chi connectivity index (χ4v) is 4.89. The van der Waals surface area contributed by atoms with Gasteiger partial charge < -0.3 is 18.9 Å². The summed E-state index contributed by atoms with van der Waals surface area (Å²) >= 11 is 0. The highest BCUT2D eigenvalue weighted by atomic mass is 16.5. The lowest BCUT2D eigenvalue weighted by Gasteiger charge is -2.33. The van der Waals surface area contributed by atoms with E-state index in [0.717, 1.165) is 53.6 Å². The molecule has 0 spiro atoms. The molecule has 0 heterocycles. The van der Waals surface area contributed by atoms with Crippen molar-refractivity contribution in [3.05, 3.63) is 119 Å². The van der Waals surface area contributed by atoms with Gasteiger partial charge in [-0.3, -0.25) is 4.90 Å². The van der Waals surface area contributed by atoms with Crippen molar-refractivity contribution < 1.29 is 18.9 Å².